The van der Waals surface area contributed by atoms with E-state index >= 15 is 0 Å². The molecule has 3 N–H and O–H groups in total. The Bertz CT molecular complexity index is 2140. The van der Waals surface area contributed by atoms with E-state index in [-0.39, 0.29) is 25.4 Å². The monoisotopic (exact) mass is 785 g/mol. The van der Waals surface area contributed by atoms with Crippen LogP contribution in [0.15, 0.2) is 115 Å². The van der Waals surface area contributed by atoms with E-state index in [9.17, 15) is 14.7 Å². The molecule has 2 aliphatic heterocycles. The van der Waals surface area contributed by atoms with Gasteiger partial charge in [-0.05, 0) is 69.1 Å². The highest BCUT2D eigenvalue weighted by Crippen LogP contribution is 2.40. The standard InChI is InChI=1S/C47H51N3O8/c1-54-43-24-38-20-21-50(28-39(38)25-44(43)55-2)29-40-26-42(35-14-12-32(30-51)13-15-35)58-46(57-40)36-18-16-34(17-19-36)37-11-7-10-33(22-37)27-48-47(53)49-41(45(52)56-3)23-31-8-5-4-6-9-31/h4-19,22,24-25,40-42,46,51H,20-21,23,26-30H2,1-3H3,(H2,48,49,53). The van der Waals surface area contributed by atoms with Crippen LogP contribution in [0.2, 0.25) is 0 Å². The van der Waals surface area contributed by atoms with Crippen LogP contribution in [0.4, 0.5) is 4.79 Å². The first-order chi connectivity index (χ1) is 28.3. The number of aliphatic hydroxyl groups is 1. The Kier molecular flexibility index (Phi) is 13.4. The highest BCUT2D eigenvalue weighted by Gasteiger charge is 2.34. The van der Waals surface area contributed by atoms with E-state index < -0.39 is 24.3 Å². The van der Waals surface area contributed by atoms with Crippen molar-refractivity contribution in [1.82, 2.24) is 15.5 Å². The lowest BCUT2D eigenvalue weighted by atomic mass is 9.96. The number of urea groups is 1. The number of nitrogens with zero attached hydrogens (tertiary/aromatic N) is 1. The lowest BCUT2D eigenvalue weighted by molar-refractivity contribution is -0.253. The number of ether oxygens (including phenoxy) is 5. The van der Waals surface area contributed by atoms with Gasteiger partial charge in [-0.3, -0.25) is 4.90 Å². The molecule has 5 aromatic rings. The first-order valence-corrected chi connectivity index (χ1v) is 19.6. The molecule has 1 saturated heterocycles. The number of aliphatic hydroxyl groups excluding tert-OH is 1. The van der Waals surface area contributed by atoms with Gasteiger partial charge in [-0.15, -0.1) is 0 Å². The van der Waals surface area contributed by atoms with Crippen LogP contribution >= 0.6 is 0 Å². The van der Waals surface area contributed by atoms with Gasteiger partial charge in [-0.2, -0.15) is 0 Å². The summed E-state index contributed by atoms with van der Waals surface area (Å²) in [5.41, 5.74) is 9.14. The van der Waals surface area contributed by atoms with E-state index in [1.54, 1.807) is 14.2 Å². The van der Waals surface area contributed by atoms with E-state index in [0.29, 0.717) is 12.8 Å². The predicted molar refractivity (Wildman–Crippen MR) is 220 cm³/mol. The number of fused-ring (bicyclic) bond motifs is 1. The SMILES string of the molecule is COC(=O)C(Cc1ccccc1)NC(=O)NCc1cccc(-c2ccc(C3OC(CN4CCc5cc(OC)c(OC)cc5C4)CC(c4ccc(CO)cc4)O3)cc2)c1. The topological polar surface area (TPSA) is 128 Å². The lowest BCUT2D eigenvalue weighted by Gasteiger charge is -2.39. The molecule has 1 fully saturated rings. The maximum Gasteiger partial charge on any atom is 0.328 e. The predicted octanol–water partition coefficient (Wildman–Crippen LogP) is 7.05. The summed E-state index contributed by atoms with van der Waals surface area (Å²) < 4.78 is 29.5. The van der Waals surface area contributed by atoms with Crippen LogP contribution in [0.25, 0.3) is 11.1 Å². The molecule has 2 heterocycles. The number of nitrogens with one attached hydrogen (secondary N) is 2. The second kappa shape index (κ2) is 19.1. The van der Waals surface area contributed by atoms with Crippen molar-refractivity contribution in [3.63, 3.8) is 0 Å². The number of rotatable bonds is 14. The minimum absolute atomic E-state index is 0.0129. The fraction of sp³-hybridized carbons (Fsp3) is 0.319. The second-order valence-electron chi connectivity index (χ2n) is 14.7. The van der Waals surface area contributed by atoms with Crippen LogP contribution in [-0.2, 0) is 51.5 Å². The molecule has 4 atom stereocenters. The molecule has 0 saturated carbocycles. The number of carbonyl (C=O) groups is 2. The first kappa shape index (κ1) is 40.5. The number of esters is 1. The molecule has 11 nitrogen and oxygen atoms in total. The molecule has 0 radical (unpaired) electrons. The highest BCUT2D eigenvalue weighted by atomic mass is 16.7. The molecular weight excluding hydrogens is 735 g/mol. The molecule has 302 valence electrons. The van der Waals surface area contributed by atoms with E-state index in [4.69, 9.17) is 23.7 Å². The van der Waals surface area contributed by atoms with Gasteiger partial charge in [-0.1, -0.05) is 97.1 Å². The van der Waals surface area contributed by atoms with Gasteiger partial charge in [0.05, 0.1) is 40.1 Å². The summed E-state index contributed by atoms with van der Waals surface area (Å²) in [6, 6.07) is 36.5. The molecule has 0 aromatic heterocycles. The molecule has 7 rings (SSSR count). The van der Waals surface area contributed by atoms with Crippen molar-refractivity contribution in [2.45, 2.75) is 63.5 Å². The molecule has 0 aliphatic carbocycles. The van der Waals surface area contributed by atoms with Crippen molar-refractivity contribution < 1.29 is 38.4 Å². The number of benzene rings is 5. The minimum atomic E-state index is -0.816. The third-order valence-electron chi connectivity index (χ3n) is 10.8. The van der Waals surface area contributed by atoms with Gasteiger partial charge in [-0.25, -0.2) is 9.59 Å². The van der Waals surface area contributed by atoms with Crippen LogP contribution in [-0.4, -0.2) is 68.6 Å². The van der Waals surface area contributed by atoms with Crippen LogP contribution in [0.3, 0.4) is 0 Å². The minimum Gasteiger partial charge on any atom is -0.493 e. The fourth-order valence-electron chi connectivity index (χ4n) is 7.69. The number of methoxy groups -OCH3 is 3. The van der Waals surface area contributed by atoms with Crippen LogP contribution in [0.1, 0.15) is 57.8 Å². The third-order valence-corrected chi connectivity index (χ3v) is 10.8. The Hall–Kier alpha value is -5.72. The van der Waals surface area contributed by atoms with Crippen molar-refractivity contribution in [3.8, 4) is 22.6 Å². The van der Waals surface area contributed by atoms with Crippen LogP contribution in [0.5, 0.6) is 11.5 Å². The van der Waals surface area contributed by atoms with E-state index in [2.05, 4.69) is 39.8 Å². The number of carbonyl (C=O) groups excluding carboxylic acids is 2. The Labute approximate surface area is 339 Å². The van der Waals surface area contributed by atoms with Gasteiger partial charge in [0.2, 0.25) is 0 Å². The fourth-order valence-corrected chi connectivity index (χ4v) is 7.69. The molecule has 2 amide bonds. The molecule has 0 bridgehead atoms. The maximum atomic E-state index is 12.9. The molecule has 11 heteroatoms. The summed E-state index contributed by atoms with van der Waals surface area (Å²) in [5, 5.41) is 15.3. The maximum absolute atomic E-state index is 12.9. The van der Waals surface area contributed by atoms with Gasteiger partial charge in [0.25, 0.3) is 0 Å². The summed E-state index contributed by atoms with van der Waals surface area (Å²) in [6.07, 6.45) is 1.05. The van der Waals surface area contributed by atoms with Crippen LogP contribution in [0, 0.1) is 0 Å². The van der Waals surface area contributed by atoms with E-state index in [1.807, 2.05) is 91.0 Å². The van der Waals surface area contributed by atoms with Crippen molar-refractivity contribution >= 4 is 12.0 Å². The summed E-state index contributed by atoms with van der Waals surface area (Å²) in [7, 11) is 4.64. The van der Waals surface area contributed by atoms with Crippen molar-refractivity contribution in [2.24, 2.45) is 0 Å². The Morgan fingerprint density at radius 3 is 2.19 bits per heavy atom. The molecule has 5 aromatic carbocycles. The Morgan fingerprint density at radius 2 is 1.48 bits per heavy atom. The summed E-state index contributed by atoms with van der Waals surface area (Å²) in [5.74, 6) is 0.978. The normalized spacial score (nSPS) is 18.4. The summed E-state index contributed by atoms with van der Waals surface area (Å²) in [4.78, 5) is 27.7. The van der Waals surface area contributed by atoms with Crippen molar-refractivity contribution in [2.75, 3.05) is 34.4 Å². The zero-order valence-corrected chi connectivity index (χ0v) is 33.2. The average Bonchev–Trinajstić information content (AvgIpc) is 3.27. The zero-order chi connectivity index (χ0) is 40.4. The molecule has 0 spiro atoms. The smallest absolute Gasteiger partial charge is 0.328 e. The van der Waals surface area contributed by atoms with E-state index in [1.165, 1.54) is 18.2 Å². The average molecular weight is 786 g/mol. The lowest BCUT2D eigenvalue weighted by Crippen LogP contribution is -2.47. The van der Waals surface area contributed by atoms with Gasteiger partial charge in [0.1, 0.15) is 6.04 Å². The Morgan fingerprint density at radius 1 is 0.776 bits per heavy atom. The van der Waals surface area contributed by atoms with Crippen molar-refractivity contribution in [3.05, 3.63) is 154 Å². The highest BCUT2D eigenvalue weighted by molar-refractivity contribution is 5.83. The number of hydrogen-bond donors (Lipinski definition) is 3. The van der Waals surface area contributed by atoms with Crippen LogP contribution < -0.4 is 20.1 Å². The molecular formula is C47H51N3O8. The summed E-state index contributed by atoms with van der Waals surface area (Å²) in [6.45, 7) is 2.69. The number of hydrogen-bond acceptors (Lipinski definition) is 9. The second-order valence-corrected chi connectivity index (χ2v) is 14.7. The molecule has 4 unspecified atom stereocenters. The van der Waals surface area contributed by atoms with Gasteiger partial charge < -0.3 is 39.4 Å². The molecule has 2 aliphatic rings. The number of amides is 2. The molecule has 58 heavy (non-hydrogen) atoms. The van der Waals surface area contributed by atoms with Gasteiger partial charge in [0, 0.05) is 44.6 Å². The Balaban J connectivity index is 1.02. The van der Waals surface area contributed by atoms with Gasteiger partial charge >= 0.3 is 12.0 Å². The van der Waals surface area contributed by atoms with Crippen molar-refractivity contribution in [1.29, 1.82) is 0 Å². The largest absolute Gasteiger partial charge is 0.493 e. The summed E-state index contributed by atoms with van der Waals surface area (Å²) >= 11 is 0. The zero-order valence-electron chi connectivity index (χ0n) is 33.2. The first-order valence-electron chi connectivity index (χ1n) is 19.6. The quantitative estimate of drug-likeness (QED) is 0.102. The van der Waals surface area contributed by atoms with Gasteiger partial charge in [0.15, 0.2) is 17.8 Å². The van der Waals surface area contributed by atoms with E-state index in [0.717, 1.165) is 76.5 Å². The third kappa shape index (κ3) is 10.0.